The van der Waals surface area contributed by atoms with Crippen LogP contribution in [0.2, 0.25) is 0 Å². The molecule has 10 heavy (non-hydrogen) atoms. The maximum atomic E-state index is 4.27. The van der Waals surface area contributed by atoms with E-state index >= 15 is 0 Å². The number of hydrogen-bond donors (Lipinski definition) is 2. The molecule has 0 rings (SSSR count). The Morgan fingerprint density at radius 2 is 1.60 bits per heavy atom. The van der Waals surface area contributed by atoms with Crippen LogP contribution in [0.25, 0.3) is 0 Å². The summed E-state index contributed by atoms with van der Waals surface area (Å²) >= 11 is 0. The summed E-state index contributed by atoms with van der Waals surface area (Å²) in [7, 11) is 8.11. The van der Waals surface area contributed by atoms with Gasteiger partial charge in [0.15, 0.2) is 7.51 Å². The van der Waals surface area contributed by atoms with Gasteiger partial charge < -0.3 is 0 Å². The van der Waals surface area contributed by atoms with E-state index < -0.39 is 7.51 Å². The largest absolute Gasteiger partial charge is 0.264 e. The highest BCUT2D eigenvalue weighted by molar-refractivity contribution is 7.59. The molecule has 0 spiro atoms. The van der Waals surface area contributed by atoms with Gasteiger partial charge in [0.25, 0.3) is 0 Å². The summed E-state index contributed by atoms with van der Waals surface area (Å²) in [5, 5.41) is 6.35. The Morgan fingerprint density at radius 3 is 1.60 bits per heavy atom. The Labute approximate surface area is 63.2 Å². The summed E-state index contributed by atoms with van der Waals surface area (Å²) in [6.45, 7) is 0. The number of hydrogen-bond acceptors (Lipinski definition) is 1. The van der Waals surface area contributed by atoms with Gasteiger partial charge in [-0.2, -0.15) is 0 Å². The van der Waals surface area contributed by atoms with E-state index in [9.17, 15) is 0 Å². The van der Waals surface area contributed by atoms with Crippen molar-refractivity contribution in [1.29, 1.82) is 0 Å². The summed E-state index contributed by atoms with van der Waals surface area (Å²) in [5.74, 6) is 0. The van der Waals surface area contributed by atoms with E-state index in [0.29, 0.717) is 0 Å². The van der Waals surface area contributed by atoms with Gasteiger partial charge in [-0.25, -0.2) is 0 Å². The second kappa shape index (κ2) is 4.09. The molecule has 4 nitrogen and oxygen atoms in total. The van der Waals surface area contributed by atoms with Crippen LogP contribution in [0, 0.1) is 0 Å². The summed E-state index contributed by atoms with van der Waals surface area (Å²) in [5.41, 5.74) is 0. The van der Waals surface area contributed by atoms with Crippen LogP contribution in [-0.2, 0) is 0 Å². The first-order valence-electron chi connectivity index (χ1n) is 3.19. The lowest BCUT2D eigenvalue weighted by Crippen LogP contribution is -2.27. The minimum Gasteiger partial charge on any atom is -0.264 e. The number of nitrogens with zero attached hydrogens (tertiary/aromatic N) is 2. The van der Waals surface area contributed by atoms with Gasteiger partial charge in [-0.05, 0) is 28.2 Å². The van der Waals surface area contributed by atoms with Crippen molar-refractivity contribution < 1.29 is 0 Å². The molecule has 0 atom stereocenters. The topological polar surface area (TPSA) is 39.7 Å². The monoisotopic (exact) mass is 164 g/mol. The van der Waals surface area contributed by atoms with Gasteiger partial charge in [-0.1, -0.05) is 0 Å². The zero-order valence-corrected chi connectivity index (χ0v) is 8.24. The summed E-state index contributed by atoms with van der Waals surface area (Å²) < 4.78 is 6.35. The van der Waals surface area contributed by atoms with Crippen molar-refractivity contribution in [2.75, 3.05) is 35.2 Å². The lowest BCUT2D eigenvalue weighted by molar-refractivity contribution is 0.643. The average Bonchev–Trinajstić information content (AvgIpc) is 1.92. The van der Waals surface area contributed by atoms with E-state index in [-0.39, 0.29) is 0 Å². The van der Waals surface area contributed by atoms with Gasteiger partial charge in [0.1, 0.15) is 0 Å². The molecule has 0 amide bonds. The van der Waals surface area contributed by atoms with Gasteiger partial charge in [0.2, 0.25) is 0 Å². The Hall–Kier alpha value is 0.110. The lowest BCUT2D eigenvalue weighted by Gasteiger charge is -2.28. The molecular formula is C5H17N4P. The molecule has 62 valence electrons. The van der Waals surface area contributed by atoms with Crippen LogP contribution in [0.3, 0.4) is 0 Å². The predicted molar refractivity (Wildman–Crippen MR) is 47.1 cm³/mol. The highest BCUT2D eigenvalue weighted by Crippen LogP contribution is 2.39. The fourth-order valence-corrected chi connectivity index (χ4v) is 2.67. The summed E-state index contributed by atoms with van der Waals surface area (Å²) in [6, 6.07) is 0. The summed E-state index contributed by atoms with van der Waals surface area (Å²) in [6.07, 6.45) is 0. The minimum absolute atomic E-state index is 1.55. The zero-order valence-electron chi connectivity index (χ0n) is 7.34. The molecule has 0 aromatic carbocycles. The number of nitrogens with one attached hydrogen (secondary N) is 2. The van der Waals surface area contributed by atoms with E-state index in [1.807, 2.05) is 35.2 Å². The van der Waals surface area contributed by atoms with Crippen molar-refractivity contribution >= 4 is 7.51 Å². The van der Waals surface area contributed by atoms with Crippen LogP contribution < -0.4 is 10.2 Å². The molecule has 0 aliphatic heterocycles. The Morgan fingerprint density at radius 1 is 1.20 bits per heavy atom. The molecule has 0 aromatic rings. The smallest absolute Gasteiger partial charge is 0.161 e. The second-order valence-corrected chi connectivity index (χ2v) is 5.39. The highest BCUT2D eigenvalue weighted by Gasteiger charge is 2.14. The fraction of sp³-hybridized carbons (Fsp3) is 1.00. The van der Waals surface area contributed by atoms with Crippen LogP contribution in [0.1, 0.15) is 0 Å². The molecule has 0 fully saturated rings. The van der Waals surface area contributed by atoms with Crippen LogP contribution in [-0.4, -0.2) is 39.9 Å². The van der Waals surface area contributed by atoms with Crippen LogP contribution >= 0.6 is 7.51 Å². The molecule has 0 aromatic heterocycles. The first-order valence-corrected chi connectivity index (χ1v) is 4.88. The van der Waals surface area contributed by atoms with Gasteiger partial charge in [0.05, 0.1) is 0 Å². The highest BCUT2D eigenvalue weighted by atomic mass is 31.2. The molecule has 0 aliphatic rings. The van der Waals surface area contributed by atoms with Gasteiger partial charge in [-0.3, -0.25) is 19.6 Å². The fourth-order valence-electron chi connectivity index (χ4n) is 0.891. The maximum Gasteiger partial charge on any atom is 0.161 e. The second-order valence-electron chi connectivity index (χ2n) is 2.10. The molecule has 0 aliphatic carbocycles. The van der Waals surface area contributed by atoms with Crippen LogP contribution in [0.4, 0.5) is 0 Å². The molecule has 5 heteroatoms. The van der Waals surface area contributed by atoms with E-state index in [0.717, 1.165) is 0 Å². The van der Waals surface area contributed by atoms with E-state index in [2.05, 4.69) is 19.6 Å². The van der Waals surface area contributed by atoms with Crippen LogP contribution in [0.15, 0.2) is 4.74 Å². The SMILES string of the molecule is CN=P(NC)(NC)N(C)C. The van der Waals surface area contributed by atoms with Crippen molar-refractivity contribution in [2.45, 2.75) is 0 Å². The molecule has 0 radical (unpaired) electrons. The molecule has 0 heterocycles. The van der Waals surface area contributed by atoms with E-state index in [1.54, 1.807) is 0 Å². The molecule has 0 saturated heterocycles. The van der Waals surface area contributed by atoms with Crippen molar-refractivity contribution in [3.8, 4) is 0 Å². The predicted octanol–water partition coefficient (Wildman–Crippen LogP) is 0.563. The Bertz CT molecular complexity index is 135. The van der Waals surface area contributed by atoms with Gasteiger partial charge in [0, 0.05) is 7.05 Å². The zero-order chi connectivity index (χ0) is 8.20. The first-order chi connectivity index (χ1) is 4.63. The quantitative estimate of drug-likeness (QED) is 0.599. The third-order valence-electron chi connectivity index (χ3n) is 1.49. The van der Waals surface area contributed by atoms with Crippen molar-refractivity contribution in [3.63, 3.8) is 0 Å². The van der Waals surface area contributed by atoms with Gasteiger partial charge >= 0.3 is 0 Å². The third kappa shape index (κ3) is 1.80. The Balaban J connectivity index is 4.50. The molecule has 0 bridgehead atoms. The molecule has 0 unspecified atom stereocenters. The normalized spacial score (nSPS) is 12.2. The maximum absolute atomic E-state index is 4.27. The standard InChI is InChI=1S/C5H17N4P/c1-6-10(7-2,8-3)9(4)5/h6-7H,1-5H3. The molecular weight excluding hydrogens is 147 g/mol. The molecule has 0 saturated carbocycles. The molecule has 2 N–H and O–H groups in total. The average molecular weight is 164 g/mol. The van der Waals surface area contributed by atoms with Crippen molar-refractivity contribution in [2.24, 2.45) is 4.74 Å². The minimum atomic E-state index is -1.55. The van der Waals surface area contributed by atoms with E-state index in [1.165, 1.54) is 0 Å². The first kappa shape index (κ1) is 10.1. The third-order valence-corrected chi connectivity index (χ3v) is 4.48. The number of rotatable bonds is 3. The van der Waals surface area contributed by atoms with Crippen molar-refractivity contribution in [3.05, 3.63) is 0 Å². The van der Waals surface area contributed by atoms with Crippen molar-refractivity contribution in [1.82, 2.24) is 14.8 Å². The summed E-state index contributed by atoms with van der Waals surface area (Å²) in [4.78, 5) is 0. The van der Waals surface area contributed by atoms with Crippen LogP contribution in [0.5, 0.6) is 0 Å². The Kier molecular flexibility index (Phi) is 4.13. The lowest BCUT2D eigenvalue weighted by atomic mass is 11.3. The van der Waals surface area contributed by atoms with E-state index in [4.69, 9.17) is 0 Å². The van der Waals surface area contributed by atoms with Gasteiger partial charge in [-0.15, -0.1) is 0 Å².